The van der Waals surface area contributed by atoms with Crippen LogP contribution in [-0.4, -0.2) is 10.1 Å². The minimum atomic E-state index is -0.403. The third-order valence-electron chi connectivity index (χ3n) is 3.58. The molecule has 0 aliphatic heterocycles. The Morgan fingerprint density at radius 2 is 1.71 bits per heavy atom. The average Bonchev–Trinajstić information content (AvgIpc) is 2.62. The highest BCUT2D eigenvalue weighted by molar-refractivity contribution is 5.85. The van der Waals surface area contributed by atoms with Gasteiger partial charge in [-0.3, -0.25) is 0 Å². The van der Waals surface area contributed by atoms with Gasteiger partial charge in [0.15, 0.2) is 11.3 Å². The van der Waals surface area contributed by atoms with Crippen LogP contribution in [0, 0.1) is 28.5 Å². The van der Waals surface area contributed by atoms with E-state index < -0.39 is 5.76 Å². The average molecular weight is 315 g/mol. The Hall–Kier alpha value is -3.70. The van der Waals surface area contributed by atoms with Crippen LogP contribution in [-0.2, 0) is 0 Å². The Kier molecular flexibility index (Phi) is 3.93. The van der Waals surface area contributed by atoms with Crippen molar-refractivity contribution in [3.8, 4) is 23.4 Å². The summed E-state index contributed by atoms with van der Waals surface area (Å²) in [7, 11) is 0. The first-order valence-electron chi connectivity index (χ1n) is 7.03. The molecule has 0 aliphatic rings. The summed E-state index contributed by atoms with van der Waals surface area (Å²) < 4.78 is 13.9. The highest BCUT2D eigenvalue weighted by atomic mass is 19.1. The summed E-state index contributed by atoms with van der Waals surface area (Å²) in [6, 6.07) is 18.0. The second-order valence-corrected chi connectivity index (χ2v) is 5.03. The van der Waals surface area contributed by atoms with Crippen LogP contribution in [0.4, 0.5) is 4.39 Å². The van der Waals surface area contributed by atoms with Gasteiger partial charge in [-0.2, -0.15) is 10.5 Å². The molecule has 24 heavy (non-hydrogen) atoms. The van der Waals surface area contributed by atoms with Crippen LogP contribution in [0.2, 0.25) is 0 Å². The molecule has 0 radical (unpaired) electrons. The first-order chi connectivity index (χ1) is 11.6. The van der Waals surface area contributed by atoms with Crippen LogP contribution >= 0.6 is 0 Å². The van der Waals surface area contributed by atoms with Crippen molar-refractivity contribution in [1.82, 2.24) is 4.98 Å². The van der Waals surface area contributed by atoms with Crippen LogP contribution in [0.25, 0.3) is 27.9 Å². The van der Waals surface area contributed by atoms with E-state index in [0.29, 0.717) is 22.3 Å². The predicted octanol–water partition coefficient (Wildman–Crippen LogP) is 4.36. The van der Waals surface area contributed by atoms with Crippen molar-refractivity contribution in [1.29, 1.82) is 10.5 Å². The number of hydrogen-bond acceptors (Lipinski definition) is 4. The van der Waals surface area contributed by atoms with E-state index in [4.69, 9.17) is 10.5 Å². The number of aromatic nitrogens is 1. The van der Waals surface area contributed by atoms with E-state index in [0.717, 1.165) is 5.39 Å². The van der Waals surface area contributed by atoms with Crippen molar-refractivity contribution in [3.05, 3.63) is 71.6 Å². The maximum atomic E-state index is 13.9. The summed E-state index contributed by atoms with van der Waals surface area (Å²) in [6.07, 6.45) is 0. The van der Waals surface area contributed by atoms with E-state index in [2.05, 4.69) is 4.98 Å². The number of halogens is 1. The van der Waals surface area contributed by atoms with Crippen molar-refractivity contribution >= 4 is 16.7 Å². The number of benzene rings is 2. The van der Waals surface area contributed by atoms with Crippen LogP contribution in [0.1, 0.15) is 5.56 Å². The molecular formula is C19H10FN3O. The minimum Gasteiger partial charge on any atom is -0.505 e. The molecule has 0 fully saturated rings. The lowest BCUT2D eigenvalue weighted by molar-refractivity contribution is 0.510. The van der Waals surface area contributed by atoms with Gasteiger partial charge >= 0.3 is 0 Å². The summed E-state index contributed by atoms with van der Waals surface area (Å²) >= 11 is 0. The zero-order valence-electron chi connectivity index (χ0n) is 12.4. The van der Waals surface area contributed by atoms with Crippen LogP contribution < -0.4 is 0 Å². The van der Waals surface area contributed by atoms with Gasteiger partial charge in [0.2, 0.25) is 0 Å². The molecule has 0 aliphatic carbocycles. The molecule has 0 bridgehead atoms. The lowest BCUT2D eigenvalue weighted by Crippen LogP contribution is -1.92. The molecule has 1 heterocycles. The summed E-state index contributed by atoms with van der Waals surface area (Å²) in [5.74, 6) is -0.778. The molecule has 1 aromatic heterocycles. The molecule has 1 N–H and O–H groups in total. The van der Waals surface area contributed by atoms with E-state index in [1.807, 2.05) is 0 Å². The monoisotopic (exact) mass is 315 g/mol. The second kappa shape index (κ2) is 6.20. The first-order valence-corrected chi connectivity index (χ1v) is 7.03. The van der Waals surface area contributed by atoms with Gasteiger partial charge in [0.05, 0.1) is 11.2 Å². The molecule has 0 saturated heterocycles. The van der Waals surface area contributed by atoms with Crippen molar-refractivity contribution in [2.45, 2.75) is 0 Å². The standard InChI is InChI=1S/C19H10FN3O/c20-16-4-2-1-3-15(16)17-8-7-12-5-6-13(9-18(12)23-17)19(24)14(10-21)11-22/h1-9,24H. The Bertz CT molecular complexity index is 1040. The molecule has 0 atom stereocenters. The molecule has 0 amide bonds. The number of nitrogens with zero attached hydrogens (tertiary/aromatic N) is 3. The molecule has 114 valence electrons. The maximum Gasteiger partial charge on any atom is 0.171 e. The number of allylic oxidation sites excluding steroid dienone is 1. The largest absolute Gasteiger partial charge is 0.505 e. The van der Waals surface area contributed by atoms with E-state index in [1.54, 1.807) is 60.7 Å². The Labute approximate surface area is 137 Å². The molecule has 0 saturated carbocycles. The molecule has 3 aromatic rings. The van der Waals surface area contributed by atoms with Gasteiger partial charge in [-0.05, 0) is 24.3 Å². The summed E-state index contributed by atoms with van der Waals surface area (Å²) in [5.41, 5.74) is 1.29. The summed E-state index contributed by atoms with van der Waals surface area (Å²) in [6.45, 7) is 0. The van der Waals surface area contributed by atoms with Crippen LogP contribution in [0.15, 0.2) is 60.2 Å². The highest BCUT2D eigenvalue weighted by Crippen LogP contribution is 2.25. The molecule has 3 rings (SSSR count). The molecule has 2 aromatic carbocycles. The number of hydrogen-bond donors (Lipinski definition) is 1. The number of rotatable bonds is 2. The summed E-state index contributed by atoms with van der Waals surface area (Å²) in [4.78, 5) is 4.42. The fourth-order valence-electron chi connectivity index (χ4n) is 2.36. The normalized spacial score (nSPS) is 9.96. The molecule has 0 spiro atoms. The topological polar surface area (TPSA) is 80.7 Å². The van der Waals surface area contributed by atoms with Gasteiger partial charge in [0, 0.05) is 16.5 Å². The summed E-state index contributed by atoms with van der Waals surface area (Å²) in [5, 5.41) is 28.5. The number of aliphatic hydroxyl groups excluding tert-OH is 1. The number of aliphatic hydroxyl groups is 1. The third kappa shape index (κ3) is 2.67. The van der Waals surface area contributed by atoms with Gasteiger partial charge in [-0.1, -0.05) is 30.3 Å². The number of pyridine rings is 1. The Morgan fingerprint density at radius 3 is 2.42 bits per heavy atom. The molecule has 5 heteroatoms. The SMILES string of the molecule is N#CC(C#N)=C(O)c1ccc2ccc(-c3ccccc3F)nc2c1. The van der Waals surface area contributed by atoms with Gasteiger partial charge in [-0.25, -0.2) is 9.37 Å². The van der Waals surface area contributed by atoms with Crippen molar-refractivity contribution < 1.29 is 9.50 Å². The van der Waals surface area contributed by atoms with Crippen LogP contribution in [0.5, 0.6) is 0 Å². The van der Waals surface area contributed by atoms with Crippen LogP contribution in [0.3, 0.4) is 0 Å². The van der Waals surface area contributed by atoms with Crippen molar-refractivity contribution in [2.24, 2.45) is 0 Å². The maximum absolute atomic E-state index is 13.9. The van der Waals surface area contributed by atoms with E-state index in [-0.39, 0.29) is 11.4 Å². The van der Waals surface area contributed by atoms with Gasteiger partial charge in [-0.15, -0.1) is 0 Å². The van der Waals surface area contributed by atoms with Gasteiger partial charge in [0.25, 0.3) is 0 Å². The van der Waals surface area contributed by atoms with E-state index >= 15 is 0 Å². The van der Waals surface area contributed by atoms with E-state index in [1.165, 1.54) is 6.07 Å². The number of nitriles is 2. The Morgan fingerprint density at radius 1 is 1.00 bits per heavy atom. The van der Waals surface area contributed by atoms with Gasteiger partial charge < -0.3 is 5.11 Å². The fourth-order valence-corrected chi connectivity index (χ4v) is 2.36. The van der Waals surface area contributed by atoms with Gasteiger partial charge in [0.1, 0.15) is 18.0 Å². The zero-order valence-corrected chi connectivity index (χ0v) is 12.4. The zero-order chi connectivity index (χ0) is 17.1. The second-order valence-electron chi connectivity index (χ2n) is 5.03. The van der Waals surface area contributed by atoms with Crippen molar-refractivity contribution in [3.63, 3.8) is 0 Å². The first kappa shape index (κ1) is 15.2. The quantitative estimate of drug-likeness (QED) is 0.563. The van der Waals surface area contributed by atoms with Crippen molar-refractivity contribution in [2.75, 3.05) is 0 Å². The number of fused-ring (bicyclic) bond motifs is 1. The minimum absolute atomic E-state index is 0.304. The Balaban J connectivity index is 2.17. The highest BCUT2D eigenvalue weighted by Gasteiger charge is 2.10. The molecule has 0 unspecified atom stereocenters. The molecule has 4 nitrogen and oxygen atoms in total. The third-order valence-corrected chi connectivity index (χ3v) is 3.58. The van der Waals surface area contributed by atoms with E-state index in [9.17, 15) is 9.50 Å². The lowest BCUT2D eigenvalue weighted by Gasteiger charge is -2.06. The smallest absolute Gasteiger partial charge is 0.171 e. The fraction of sp³-hybridized carbons (Fsp3) is 0. The lowest BCUT2D eigenvalue weighted by atomic mass is 10.1. The molecular weight excluding hydrogens is 305 g/mol. The predicted molar refractivity (Wildman–Crippen MR) is 87.9 cm³/mol.